The molecular weight excluding hydrogens is 354 g/mol. The van der Waals surface area contributed by atoms with Crippen molar-refractivity contribution in [2.75, 3.05) is 6.54 Å². The second-order valence-electron chi connectivity index (χ2n) is 8.05. The lowest BCUT2D eigenvalue weighted by atomic mass is 9.83. The maximum atomic E-state index is 13.4. The highest BCUT2D eigenvalue weighted by Gasteiger charge is 2.52. The van der Waals surface area contributed by atoms with Crippen molar-refractivity contribution in [3.63, 3.8) is 0 Å². The van der Waals surface area contributed by atoms with Crippen LogP contribution in [0.3, 0.4) is 0 Å². The molecule has 1 aliphatic rings. The van der Waals surface area contributed by atoms with Gasteiger partial charge in [-0.3, -0.25) is 14.5 Å². The van der Waals surface area contributed by atoms with Gasteiger partial charge in [0.05, 0.1) is 0 Å². The summed E-state index contributed by atoms with van der Waals surface area (Å²) in [6.07, 6.45) is 0.305. The fourth-order valence-electron chi connectivity index (χ4n) is 3.41. The van der Waals surface area contributed by atoms with E-state index in [1.54, 1.807) is 0 Å². The summed E-state index contributed by atoms with van der Waals surface area (Å²) in [6.45, 7) is 5.23. The summed E-state index contributed by atoms with van der Waals surface area (Å²) in [5, 5.41) is 5.65. The zero-order chi connectivity index (χ0) is 20.4. The number of hydrogen-bond acceptors (Lipinski definition) is 3. The van der Waals surface area contributed by atoms with Crippen molar-refractivity contribution in [3.8, 4) is 0 Å². The molecule has 1 fully saturated rings. The number of benzene rings is 2. The van der Waals surface area contributed by atoms with Crippen LogP contribution in [0.25, 0.3) is 0 Å². The lowest BCUT2D eigenvalue weighted by molar-refractivity contribution is -0.135. The number of hydrogen-bond donors (Lipinski definition) is 2. The molecule has 1 atom stereocenters. The Balaban J connectivity index is 1.94. The summed E-state index contributed by atoms with van der Waals surface area (Å²) in [4.78, 5) is 39.4. The zero-order valence-electron chi connectivity index (χ0n) is 16.4. The van der Waals surface area contributed by atoms with Gasteiger partial charge in [0.1, 0.15) is 6.54 Å². The predicted molar refractivity (Wildman–Crippen MR) is 106 cm³/mol. The Hall–Kier alpha value is -3.15. The van der Waals surface area contributed by atoms with Crippen LogP contribution in [-0.2, 0) is 21.5 Å². The largest absolute Gasteiger partial charge is 0.350 e. The van der Waals surface area contributed by atoms with Crippen LogP contribution in [0.2, 0.25) is 0 Å². The van der Waals surface area contributed by atoms with E-state index in [1.807, 2.05) is 81.4 Å². The van der Waals surface area contributed by atoms with E-state index in [1.165, 1.54) is 0 Å². The third-order valence-electron chi connectivity index (χ3n) is 4.57. The summed E-state index contributed by atoms with van der Waals surface area (Å²) in [5.74, 6) is -0.795. The van der Waals surface area contributed by atoms with Gasteiger partial charge in [-0.1, -0.05) is 60.7 Å². The number of nitrogens with one attached hydrogen (secondary N) is 2. The van der Waals surface area contributed by atoms with E-state index in [2.05, 4.69) is 10.6 Å². The average Bonchev–Trinajstić information content (AvgIpc) is 2.87. The standard InChI is InChI=1S/C22H25N3O3/c1-21(2,3)23-18(26)15-25-19(27)22(24-20(25)28,17-12-8-5-9-13-17)14-16-10-6-4-7-11-16/h4-13H,14-15H2,1-3H3,(H,23,26)(H,24,28)/t22-/m1/s1. The van der Waals surface area contributed by atoms with E-state index < -0.39 is 23.0 Å². The molecule has 0 saturated carbocycles. The van der Waals surface area contributed by atoms with E-state index in [0.29, 0.717) is 12.0 Å². The van der Waals surface area contributed by atoms with Gasteiger partial charge in [0, 0.05) is 12.0 Å². The highest BCUT2D eigenvalue weighted by molar-refractivity contribution is 6.09. The number of nitrogens with zero attached hydrogens (tertiary/aromatic N) is 1. The van der Waals surface area contributed by atoms with Crippen LogP contribution < -0.4 is 10.6 Å². The molecule has 0 unspecified atom stereocenters. The van der Waals surface area contributed by atoms with Crippen molar-refractivity contribution in [1.82, 2.24) is 15.5 Å². The molecule has 6 heteroatoms. The van der Waals surface area contributed by atoms with E-state index in [0.717, 1.165) is 10.5 Å². The molecule has 2 N–H and O–H groups in total. The highest BCUT2D eigenvalue weighted by Crippen LogP contribution is 2.32. The van der Waals surface area contributed by atoms with E-state index in [4.69, 9.17) is 0 Å². The lowest BCUT2D eigenvalue weighted by Crippen LogP contribution is -2.49. The third kappa shape index (κ3) is 4.06. The number of carbonyl (C=O) groups is 3. The monoisotopic (exact) mass is 379 g/mol. The average molecular weight is 379 g/mol. The number of carbonyl (C=O) groups excluding carboxylic acids is 3. The Morgan fingerprint density at radius 3 is 2.14 bits per heavy atom. The van der Waals surface area contributed by atoms with E-state index in [-0.39, 0.29) is 12.5 Å². The van der Waals surface area contributed by atoms with Crippen LogP contribution in [0, 0.1) is 0 Å². The SMILES string of the molecule is CC(C)(C)NC(=O)CN1C(=O)N[C@](Cc2ccccc2)(c2ccccc2)C1=O. The van der Waals surface area contributed by atoms with Crippen LogP contribution in [0.15, 0.2) is 60.7 Å². The second-order valence-corrected chi connectivity index (χ2v) is 8.05. The molecule has 0 aliphatic carbocycles. The van der Waals surface area contributed by atoms with Gasteiger partial charge in [-0.25, -0.2) is 4.79 Å². The van der Waals surface area contributed by atoms with Gasteiger partial charge in [-0.2, -0.15) is 0 Å². The summed E-state index contributed by atoms with van der Waals surface area (Å²) in [5.41, 5.74) is -0.0737. The maximum Gasteiger partial charge on any atom is 0.325 e. The van der Waals surface area contributed by atoms with Crippen LogP contribution >= 0.6 is 0 Å². The molecule has 0 radical (unpaired) electrons. The minimum absolute atomic E-state index is 0.305. The smallest absolute Gasteiger partial charge is 0.325 e. The molecule has 2 aromatic rings. The topological polar surface area (TPSA) is 78.5 Å². The minimum atomic E-state index is -1.23. The number of urea groups is 1. The summed E-state index contributed by atoms with van der Waals surface area (Å²) in [7, 11) is 0. The van der Waals surface area contributed by atoms with Gasteiger partial charge in [-0.15, -0.1) is 0 Å². The Morgan fingerprint density at radius 2 is 1.57 bits per heavy atom. The van der Waals surface area contributed by atoms with E-state index in [9.17, 15) is 14.4 Å². The molecule has 4 amide bonds. The normalized spacial score (nSPS) is 19.5. The van der Waals surface area contributed by atoms with Crippen LogP contribution in [0.4, 0.5) is 4.79 Å². The van der Waals surface area contributed by atoms with Gasteiger partial charge in [0.25, 0.3) is 5.91 Å². The van der Waals surface area contributed by atoms with E-state index >= 15 is 0 Å². The zero-order valence-corrected chi connectivity index (χ0v) is 16.4. The van der Waals surface area contributed by atoms with Crippen molar-refractivity contribution >= 4 is 17.8 Å². The Kier molecular flexibility index (Phi) is 5.23. The molecule has 3 rings (SSSR count). The Morgan fingerprint density at radius 1 is 1.00 bits per heavy atom. The number of imide groups is 1. The van der Waals surface area contributed by atoms with Gasteiger partial charge >= 0.3 is 6.03 Å². The predicted octanol–water partition coefficient (Wildman–Crippen LogP) is 2.59. The quantitative estimate of drug-likeness (QED) is 0.784. The van der Waals surface area contributed by atoms with Crippen molar-refractivity contribution in [2.24, 2.45) is 0 Å². The molecule has 0 spiro atoms. The summed E-state index contributed by atoms with van der Waals surface area (Å²) < 4.78 is 0. The molecule has 0 aromatic heterocycles. The Bertz CT molecular complexity index is 875. The summed E-state index contributed by atoms with van der Waals surface area (Å²) in [6, 6.07) is 18.1. The molecule has 146 valence electrons. The van der Waals surface area contributed by atoms with Gasteiger partial charge in [0.2, 0.25) is 5.91 Å². The van der Waals surface area contributed by atoms with Crippen molar-refractivity contribution < 1.29 is 14.4 Å². The van der Waals surface area contributed by atoms with Gasteiger partial charge < -0.3 is 10.6 Å². The fourth-order valence-corrected chi connectivity index (χ4v) is 3.41. The van der Waals surface area contributed by atoms with Crippen LogP contribution in [-0.4, -0.2) is 34.8 Å². The maximum absolute atomic E-state index is 13.4. The molecule has 1 heterocycles. The highest BCUT2D eigenvalue weighted by atomic mass is 16.2. The lowest BCUT2D eigenvalue weighted by Gasteiger charge is -2.28. The molecule has 1 aliphatic heterocycles. The first-order valence-corrected chi connectivity index (χ1v) is 9.26. The fraction of sp³-hybridized carbons (Fsp3) is 0.318. The van der Waals surface area contributed by atoms with Crippen molar-refractivity contribution in [2.45, 2.75) is 38.3 Å². The first-order chi connectivity index (χ1) is 13.2. The van der Waals surface area contributed by atoms with Crippen molar-refractivity contribution in [3.05, 3.63) is 71.8 Å². The Labute approximate surface area is 164 Å². The number of amides is 4. The van der Waals surface area contributed by atoms with Gasteiger partial charge in [-0.05, 0) is 31.9 Å². The molecule has 6 nitrogen and oxygen atoms in total. The molecule has 1 saturated heterocycles. The molecule has 28 heavy (non-hydrogen) atoms. The van der Waals surface area contributed by atoms with Crippen LogP contribution in [0.5, 0.6) is 0 Å². The second kappa shape index (κ2) is 7.46. The summed E-state index contributed by atoms with van der Waals surface area (Å²) >= 11 is 0. The first-order valence-electron chi connectivity index (χ1n) is 9.26. The van der Waals surface area contributed by atoms with Crippen molar-refractivity contribution in [1.29, 1.82) is 0 Å². The van der Waals surface area contributed by atoms with Crippen LogP contribution in [0.1, 0.15) is 31.9 Å². The molecular formula is C22H25N3O3. The van der Waals surface area contributed by atoms with Gasteiger partial charge in [0.15, 0.2) is 5.54 Å². The first kappa shape index (κ1) is 19.6. The molecule has 0 bridgehead atoms. The minimum Gasteiger partial charge on any atom is -0.350 e. The molecule has 2 aromatic carbocycles. The number of rotatable bonds is 5. The third-order valence-corrected chi connectivity index (χ3v) is 4.57.